The Morgan fingerprint density at radius 2 is 1.11 bits per heavy atom. The molecule has 0 heteroatoms. The van der Waals surface area contributed by atoms with Gasteiger partial charge in [0.1, 0.15) is 0 Å². The molecule has 3 aliphatic rings. The third-order valence-electron chi connectivity index (χ3n) is 4.62. The van der Waals surface area contributed by atoms with Gasteiger partial charge in [-0.25, -0.2) is 0 Å². The summed E-state index contributed by atoms with van der Waals surface area (Å²) in [5.41, 5.74) is 0. The minimum absolute atomic E-state index is 1.06. The maximum atomic E-state index is 3.36. The lowest BCUT2D eigenvalue weighted by Crippen LogP contribution is -2.15. The van der Waals surface area contributed by atoms with Gasteiger partial charge in [0.15, 0.2) is 0 Å². The molecule has 3 rings (SSSR count). The molecule has 2 bridgehead atoms. The van der Waals surface area contributed by atoms with Crippen LogP contribution in [0.3, 0.4) is 0 Å². The Kier molecular flexibility index (Phi) is 10.0. The number of fused-ring (bicyclic) bond motifs is 5. The quantitative estimate of drug-likeness (QED) is 0.439. The molecule has 3 aliphatic carbocycles. The van der Waals surface area contributed by atoms with E-state index in [9.17, 15) is 0 Å². The molecule has 4 atom stereocenters. The van der Waals surface area contributed by atoms with E-state index in [0.717, 1.165) is 5.92 Å². The monoisotopic (exact) mass is 264 g/mol. The highest BCUT2D eigenvalue weighted by atomic mass is 14.6. The molecule has 19 heavy (non-hydrogen) atoms. The van der Waals surface area contributed by atoms with Crippen molar-refractivity contribution in [3.63, 3.8) is 0 Å². The molecule has 0 spiro atoms. The van der Waals surface area contributed by atoms with Gasteiger partial charge >= 0.3 is 0 Å². The maximum Gasteiger partial charge on any atom is -0.0352 e. The van der Waals surface area contributed by atoms with Gasteiger partial charge in [-0.05, 0) is 75.5 Å². The zero-order valence-electron chi connectivity index (χ0n) is 14.0. The van der Waals surface area contributed by atoms with Gasteiger partial charge in [0, 0.05) is 0 Å². The van der Waals surface area contributed by atoms with Gasteiger partial charge in [-0.2, -0.15) is 0 Å². The average Bonchev–Trinajstić information content (AvgIpc) is 3.05. The van der Waals surface area contributed by atoms with Crippen LogP contribution in [0.4, 0.5) is 0 Å². The smallest absolute Gasteiger partial charge is 0.0352 e. The van der Waals surface area contributed by atoms with Crippen LogP contribution in [0, 0.1) is 29.6 Å². The van der Waals surface area contributed by atoms with Gasteiger partial charge in [0.25, 0.3) is 0 Å². The first-order valence-corrected chi connectivity index (χ1v) is 8.31. The van der Waals surface area contributed by atoms with Crippen molar-refractivity contribution in [3.05, 3.63) is 25.3 Å². The molecule has 0 heterocycles. The Bertz CT molecular complexity index is 216. The van der Waals surface area contributed by atoms with E-state index >= 15 is 0 Å². The average molecular weight is 264 g/mol. The van der Waals surface area contributed by atoms with E-state index in [2.05, 4.69) is 20.1 Å². The Morgan fingerprint density at radius 3 is 1.42 bits per heavy atom. The van der Waals surface area contributed by atoms with Crippen LogP contribution in [-0.4, -0.2) is 0 Å². The van der Waals surface area contributed by atoms with Crippen molar-refractivity contribution >= 4 is 0 Å². The summed E-state index contributed by atoms with van der Waals surface area (Å²) in [6.45, 7) is 17.0. The lowest BCUT2D eigenvalue weighted by molar-refractivity contribution is 0.259. The summed E-state index contributed by atoms with van der Waals surface area (Å²) < 4.78 is 0. The fourth-order valence-electron chi connectivity index (χ4n) is 4.29. The van der Waals surface area contributed by atoms with Crippen molar-refractivity contribution in [3.8, 4) is 0 Å². The van der Waals surface area contributed by atoms with Gasteiger partial charge in [-0.1, -0.05) is 32.9 Å². The Hall–Kier alpha value is -0.520. The first-order valence-electron chi connectivity index (χ1n) is 8.31. The number of hydrogen-bond donors (Lipinski definition) is 0. The largest absolute Gasteiger partial charge is 0.103 e. The molecule has 4 unspecified atom stereocenters. The van der Waals surface area contributed by atoms with Crippen molar-refractivity contribution in [2.75, 3.05) is 0 Å². The molecule has 0 aromatic heterocycles. The summed E-state index contributed by atoms with van der Waals surface area (Å²) in [5, 5.41) is 0. The maximum absolute atomic E-state index is 3.36. The normalized spacial score (nSPS) is 36.6. The first kappa shape index (κ1) is 18.5. The standard InChI is InChI=1S/C11H18.2C3H6.C2H6/c1-7-4-10-8-2-3-9(6-8)11(10)5-7;2*1-3-2;1-2/h7-11H,2-6H2,1H3;2*3H,1H2,2H3;1-2H3. The Morgan fingerprint density at radius 1 is 0.789 bits per heavy atom. The van der Waals surface area contributed by atoms with E-state index in [1.54, 1.807) is 44.3 Å². The van der Waals surface area contributed by atoms with Crippen LogP contribution in [0.2, 0.25) is 0 Å². The second-order valence-electron chi connectivity index (χ2n) is 6.05. The molecule has 0 amide bonds. The lowest BCUT2D eigenvalue weighted by Gasteiger charge is -2.23. The van der Waals surface area contributed by atoms with Crippen molar-refractivity contribution in [2.45, 2.75) is 66.7 Å². The van der Waals surface area contributed by atoms with E-state index in [1.807, 2.05) is 27.7 Å². The highest BCUT2D eigenvalue weighted by Crippen LogP contribution is 2.59. The van der Waals surface area contributed by atoms with Crippen LogP contribution in [0.1, 0.15) is 66.7 Å². The molecule has 112 valence electrons. The van der Waals surface area contributed by atoms with Gasteiger partial charge in [-0.3, -0.25) is 0 Å². The predicted octanol–water partition coefficient (Wildman–Crippen LogP) is 6.49. The molecule has 3 saturated carbocycles. The van der Waals surface area contributed by atoms with Gasteiger partial charge in [-0.15, -0.1) is 13.2 Å². The van der Waals surface area contributed by atoms with Crippen LogP contribution in [0.15, 0.2) is 25.3 Å². The molecule has 0 radical (unpaired) electrons. The molecule has 0 nitrogen and oxygen atoms in total. The molecule has 0 aliphatic heterocycles. The zero-order chi connectivity index (χ0) is 14.8. The summed E-state index contributed by atoms with van der Waals surface area (Å²) >= 11 is 0. The number of hydrogen-bond acceptors (Lipinski definition) is 0. The molecular weight excluding hydrogens is 228 g/mol. The Labute approximate surface area is 122 Å². The number of rotatable bonds is 0. The van der Waals surface area contributed by atoms with Crippen molar-refractivity contribution in [2.24, 2.45) is 29.6 Å². The molecule has 0 aromatic rings. The van der Waals surface area contributed by atoms with Crippen molar-refractivity contribution in [1.82, 2.24) is 0 Å². The minimum Gasteiger partial charge on any atom is -0.103 e. The molecule has 0 aromatic carbocycles. The Balaban J connectivity index is 0.000000348. The van der Waals surface area contributed by atoms with E-state index in [4.69, 9.17) is 0 Å². The van der Waals surface area contributed by atoms with Crippen LogP contribution in [0.25, 0.3) is 0 Å². The van der Waals surface area contributed by atoms with Crippen molar-refractivity contribution < 1.29 is 0 Å². The molecule has 3 fully saturated rings. The van der Waals surface area contributed by atoms with E-state index < -0.39 is 0 Å². The summed E-state index contributed by atoms with van der Waals surface area (Å²) in [6, 6.07) is 0. The molecule has 0 saturated heterocycles. The highest BCUT2D eigenvalue weighted by Gasteiger charge is 2.50. The summed E-state index contributed by atoms with van der Waals surface area (Å²) in [4.78, 5) is 0. The van der Waals surface area contributed by atoms with E-state index in [-0.39, 0.29) is 0 Å². The zero-order valence-corrected chi connectivity index (χ0v) is 14.0. The second-order valence-corrected chi connectivity index (χ2v) is 6.05. The summed E-state index contributed by atoms with van der Waals surface area (Å²) in [5.74, 6) is 5.78. The summed E-state index contributed by atoms with van der Waals surface area (Å²) in [6.07, 6.45) is 11.4. The minimum atomic E-state index is 1.06. The van der Waals surface area contributed by atoms with Crippen LogP contribution in [-0.2, 0) is 0 Å². The molecular formula is C19H36. The highest BCUT2D eigenvalue weighted by molar-refractivity contribution is 5.00. The summed E-state index contributed by atoms with van der Waals surface area (Å²) in [7, 11) is 0. The SMILES string of the molecule is C=CC.C=CC.CC.CC1CC2C3CCC(C3)C2C1. The van der Waals surface area contributed by atoms with E-state index in [0.29, 0.717) is 0 Å². The van der Waals surface area contributed by atoms with Crippen molar-refractivity contribution in [1.29, 1.82) is 0 Å². The molecule has 0 N–H and O–H groups in total. The fourth-order valence-corrected chi connectivity index (χ4v) is 4.29. The van der Waals surface area contributed by atoms with Gasteiger partial charge in [0.2, 0.25) is 0 Å². The van der Waals surface area contributed by atoms with Crippen LogP contribution < -0.4 is 0 Å². The van der Waals surface area contributed by atoms with Crippen LogP contribution >= 0.6 is 0 Å². The lowest BCUT2D eigenvalue weighted by atomic mass is 9.82. The number of allylic oxidation sites excluding steroid dienone is 2. The topological polar surface area (TPSA) is 0 Å². The third kappa shape index (κ3) is 5.16. The van der Waals surface area contributed by atoms with E-state index in [1.165, 1.54) is 23.7 Å². The fraction of sp³-hybridized carbons (Fsp3) is 0.789. The third-order valence-corrected chi connectivity index (χ3v) is 4.62. The van der Waals surface area contributed by atoms with Gasteiger partial charge < -0.3 is 0 Å². The predicted molar refractivity (Wildman–Crippen MR) is 89.3 cm³/mol. The first-order chi connectivity index (χ1) is 9.17. The second kappa shape index (κ2) is 10.3. The van der Waals surface area contributed by atoms with Crippen LogP contribution in [0.5, 0.6) is 0 Å². The van der Waals surface area contributed by atoms with Gasteiger partial charge in [0.05, 0.1) is 0 Å².